The third-order valence-corrected chi connectivity index (χ3v) is 2.20. The number of aromatic nitrogens is 1. The Kier molecular flexibility index (Phi) is 2.54. The van der Waals surface area contributed by atoms with Crippen LogP contribution in [0.2, 0.25) is 0 Å². The van der Waals surface area contributed by atoms with Crippen LogP contribution in [-0.2, 0) is 0 Å². The first kappa shape index (κ1) is 9.00. The SMILES string of the molecule is CC(C)(C)Oc1ncc(Br)s1. The van der Waals surface area contributed by atoms with Crippen LogP contribution < -0.4 is 4.74 Å². The molecule has 4 heteroatoms. The van der Waals surface area contributed by atoms with Crippen LogP contribution in [0, 0.1) is 0 Å². The summed E-state index contributed by atoms with van der Waals surface area (Å²) in [6.07, 6.45) is 1.74. The van der Waals surface area contributed by atoms with Gasteiger partial charge in [-0.1, -0.05) is 11.3 Å². The molecule has 0 atom stereocenters. The van der Waals surface area contributed by atoms with Crippen molar-refractivity contribution >= 4 is 27.3 Å². The van der Waals surface area contributed by atoms with Gasteiger partial charge in [0.05, 0.1) is 9.98 Å². The number of ether oxygens (including phenoxy) is 1. The molecular weight excluding hydrogens is 226 g/mol. The lowest BCUT2D eigenvalue weighted by molar-refractivity contribution is 0.130. The molecule has 0 saturated heterocycles. The molecule has 62 valence electrons. The molecule has 0 fully saturated rings. The van der Waals surface area contributed by atoms with E-state index < -0.39 is 0 Å². The van der Waals surface area contributed by atoms with E-state index in [4.69, 9.17) is 4.74 Å². The predicted molar refractivity (Wildman–Crippen MR) is 50.2 cm³/mol. The van der Waals surface area contributed by atoms with E-state index in [1.165, 1.54) is 11.3 Å². The zero-order valence-corrected chi connectivity index (χ0v) is 9.12. The van der Waals surface area contributed by atoms with Gasteiger partial charge in [-0.3, -0.25) is 0 Å². The number of rotatable bonds is 1. The van der Waals surface area contributed by atoms with Gasteiger partial charge in [-0.2, -0.15) is 0 Å². The third-order valence-electron chi connectivity index (χ3n) is 0.850. The zero-order chi connectivity index (χ0) is 8.48. The molecule has 0 spiro atoms. The maximum Gasteiger partial charge on any atom is 0.274 e. The molecule has 1 rings (SSSR count). The zero-order valence-electron chi connectivity index (χ0n) is 6.72. The van der Waals surface area contributed by atoms with Gasteiger partial charge < -0.3 is 4.74 Å². The molecule has 2 nitrogen and oxygen atoms in total. The molecule has 0 radical (unpaired) electrons. The summed E-state index contributed by atoms with van der Waals surface area (Å²) in [7, 11) is 0. The maximum atomic E-state index is 5.50. The van der Waals surface area contributed by atoms with Crippen LogP contribution in [0.25, 0.3) is 0 Å². The van der Waals surface area contributed by atoms with E-state index >= 15 is 0 Å². The number of nitrogens with zero attached hydrogens (tertiary/aromatic N) is 1. The summed E-state index contributed by atoms with van der Waals surface area (Å²) in [4.78, 5) is 4.05. The lowest BCUT2D eigenvalue weighted by atomic mass is 10.2. The van der Waals surface area contributed by atoms with Crippen molar-refractivity contribution in [2.45, 2.75) is 26.4 Å². The van der Waals surface area contributed by atoms with Crippen molar-refractivity contribution in [2.24, 2.45) is 0 Å². The highest BCUT2D eigenvalue weighted by atomic mass is 79.9. The van der Waals surface area contributed by atoms with Gasteiger partial charge >= 0.3 is 0 Å². The number of thiazole rings is 1. The Hall–Kier alpha value is -0.0900. The van der Waals surface area contributed by atoms with Gasteiger partial charge in [0.25, 0.3) is 5.19 Å². The van der Waals surface area contributed by atoms with Crippen LogP contribution in [-0.4, -0.2) is 10.6 Å². The van der Waals surface area contributed by atoms with E-state index in [0.717, 1.165) is 3.79 Å². The molecule has 0 aliphatic heterocycles. The smallest absolute Gasteiger partial charge is 0.274 e. The Morgan fingerprint density at radius 2 is 2.18 bits per heavy atom. The summed E-state index contributed by atoms with van der Waals surface area (Å²) in [5.74, 6) is 0. The van der Waals surface area contributed by atoms with Gasteiger partial charge in [0.15, 0.2) is 0 Å². The first-order valence-electron chi connectivity index (χ1n) is 3.28. The highest BCUT2D eigenvalue weighted by Gasteiger charge is 2.13. The summed E-state index contributed by atoms with van der Waals surface area (Å²) < 4.78 is 6.50. The lowest BCUT2D eigenvalue weighted by Gasteiger charge is -2.18. The van der Waals surface area contributed by atoms with Gasteiger partial charge in [-0.05, 0) is 36.7 Å². The second-order valence-electron chi connectivity index (χ2n) is 3.14. The molecule has 0 aliphatic rings. The molecule has 1 heterocycles. The monoisotopic (exact) mass is 235 g/mol. The van der Waals surface area contributed by atoms with Gasteiger partial charge in [0.2, 0.25) is 0 Å². The minimum Gasteiger partial charge on any atom is -0.464 e. The van der Waals surface area contributed by atoms with E-state index in [0.29, 0.717) is 5.19 Å². The summed E-state index contributed by atoms with van der Waals surface area (Å²) in [5.41, 5.74) is -0.155. The molecule has 1 aromatic rings. The van der Waals surface area contributed by atoms with Crippen LogP contribution in [0.4, 0.5) is 0 Å². The van der Waals surface area contributed by atoms with Crippen molar-refractivity contribution in [3.63, 3.8) is 0 Å². The Bertz CT molecular complexity index is 241. The first-order chi connectivity index (χ1) is 4.97. The fourth-order valence-corrected chi connectivity index (χ4v) is 1.74. The molecule has 0 bridgehead atoms. The van der Waals surface area contributed by atoms with Gasteiger partial charge in [-0.25, -0.2) is 4.98 Å². The Morgan fingerprint density at radius 1 is 1.55 bits per heavy atom. The quantitative estimate of drug-likeness (QED) is 0.747. The van der Waals surface area contributed by atoms with Crippen molar-refractivity contribution in [2.75, 3.05) is 0 Å². The van der Waals surface area contributed by atoms with E-state index in [-0.39, 0.29) is 5.60 Å². The standard InChI is InChI=1S/C7H10BrNOS/c1-7(2,3)10-6-9-4-5(8)11-6/h4H,1-3H3. The highest BCUT2D eigenvalue weighted by molar-refractivity contribution is 9.11. The van der Waals surface area contributed by atoms with Crippen molar-refractivity contribution in [3.05, 3.63) is 9.98 Å². The second-order valence-corrected chi connectivity index (χ2v) is 5.52. The average Bonchev–Trinajstić information content (AvgIpc) is 2.10. The lowest BCUT2D eigenvalue weighted by Crippen LogP contribution is -2.22. The molecule has 0 aliphatic carbocycles. The number of hydrogen-bond acceptors (Lipinski definition) is 3. The van der Waals surface area contributed by atoms with Crippen molar-refractivity contribution in [1.29, 1.82) is 0 Å². The first-order valence-corrected chi connectivity index (χ1v) is 4.89. The third kappa shape index (κ3) is 3.20. The van der Waals surface area contributed by atoms with E-state index in [9.17, 15) is 0 Å². The van der Waals surface area contributed by atoms with Crippen molar-refractivity contribution < 1.29 is 4.74 Å². The molecule has 0 saturated carbocycles. The molecule has 0 unspecified atom stereocenters. The number of halogens is 1. The Morgan fingerprint density at radius 3 is 2.55 bits per heavy atom. The minimum atomic E-state index is -0.155. The Balaban J connectivity index is 2.65. The minimum absolute atomic E-state index is 0.155. The molecule has 0 aromatic carbocycles. The molecule has 11 heavy (non-hydrogen) atoms. The molecule has 0 amide bonds. The van der Waals surface area contributed by atoms with Crippen LogP contribution in [0.3, 0.4) is 0 Å². The average molecular weight is 236 g/mol. The van der Waals surface area contributed by atoms with E-state index in [1.807, 2.05) is 20.8 Å². The van der Waals surface area contributed by atoms with E-state index in [1.54, 1.807) is 6.20 Å². The second kappa shape index (κ2) is 3.11. The predicted octanol–water partition coefficient (Wildman–Crippen LogP) is 3.08. The van der Waals surface area contributed by atoms with Crippen LogP contribution in [0.1, 0.15) is 20.8 Å². The van der Waals surface area contributed by atoms with E-state index in [2.05, 4.69) is 20.9 Å². The fourth-order valence-electron chi connectivity index (χ4n) is 0.549. The summed E-state index contributed by atoms with van der Waals surface area (Å²) in [5, 5.41) is 0.712. The van der Waals surface area contributed by atoms with Gasteiger partial charge in [-0.15, -0.1) is 0 Å². The van der Waals surface area contributed by atoms with Crippen LogP contribution in [0.5, 0.6) is 5.19 Å². The Labute approximate surface area is 78.7 Å². The maximum absolute atomic E-state index is 5.50. The topological polar surface area (TPSA) is 22.1 Å². The largest absolute Gasteiger partial charge is 0.464 e. The summed E-state index contributed by atoms with van der Waals surface area (Å²) >= 11 is 4.81. The normalized spacial score (nSPS) is 11.6. The molecule has 0 N–H and O–H groups in total. The number of hydrogen-bond donors (Lipinski definition) is 0. The molecule has 1 aromatic heterocycles. The van der Waals surface area contributed by atoms with Crippen LogP contribution >= 0.6 is 27.3 Å². The fraction of sp³-hybridized carbons (Fsp3) is 0.571. The van der Waals surface area contributed by atoms with Gasteiger partial charge in [0, 0.05) is 0 Å². The van der Waals surface area contributed by atoms with Gasteiger partial charge in [0.1, 0.15) is 5.60 Å². The molecular formula is C7H10BrNOS. The van der Waals surface area contributed by atoms with Crippen molar-refractivity contribution in [3.8, 4) is 5.19 Å². The summed E-state index contributed by atoms with van der Waals surface area (Å²) in [6.45, 7) is 6.01. The summed E-state index contributed by atoms with van der Waals surface area (Å²) in [6, 6.07) is 0. The highest BCUT2D eigenvalue weighted by Crippen LogP contribution is 2.27. The van der Waals surface area contributed by atoms with Crippen LogP contribution in [0.15, 0.2) is 9.98 Å². The van der Waals surface area contributed by atoms with Crippen molar-refractivity contribution in [1.82, 2.24) is 4.98 Å².